The molecule has 82 valence electrons. The summed E-state index contributed by atoms with van der Waals surface area (Å²) >= 11 is 0. The van der Waals surface area contributed by atoms with Gasteiger partial charge in [0, 0.05) is 0 Å². The maximum atomic E-state index is 10.0. The van der Waals surface area contributed by atoms with Gasteiger partial charge in [0.2, 0.25) is 0 Å². The van der Waals surface area contributed by atoms with Crippen molar-refractivity contribution in [1.29, 1.82) is 0 Å². The molecule has 0 radical (unpaired) electrons. The van der Waals surface area contributed by atoms with E-state index >= 15 is 0 Å². The third kappa shape index (κ3) is 5.70. The Kier molecular flexibility index (Phi) is 5.38. The first-order valence-electron chi connectivity index (χ1n) is 4.87. The van der Waals surface area contributed by atoms with Crippen molar-refractivity contribution in [3.05, 3.63) is 0 Å². The van der Waals surface area contributed by atoms with E-state index < -0.39 is 17.5 Å². The molecular formula is C10H18O4. The molecule has 0 atom stereocenters. The van der Waals surface area contributed by atoms with E-state index in [0.717, 1.165) is 12.8 Å². The molecule has 1 aliphatic heterocycles. The number of cyclic esters (lactones) is 2. The van der Waals surface area contributed by atoms with Gasteiger partial charge in [0.15, 0.2) is 0 Å². The minimum atomic E-state index is -0.417. The van der Waals surface area contributed by atoms with Gasteiger partial charge >= 0.3 is 11.9 Å². The second kappa shape index (κ2) is 5.75. The zero-order valence-corrected chi connectivity index (χ0v) is 9.00. The fourth-order valence-electron chi connectivity index (χ4n) is 0.683. The van der Waals surface area contributed by atoms with Crippen molar-refractivity contribution < 1.29 is 19.4 Å². The Balaban J connectivity index is 0.000000241. The molecule has 14 heavy (non-hydrogen) atoms. The molecule has 1 heterocycles. The quantitative estimate of drug-likeness (QED) is 0.543. The molecule has 4 heteroatoms. The Morgan fingerprint density at radius 1 is 1.21 bits per heavy atom. The van der Waals surface area contributed by atoms with E-state index in [4.69, 9.17) is 5.11 Å². The summed E-state index contributed by atoms with van der Waals surface area (Å²) in [6.45, 7) is 5.83. The van der Waals surface area contributed by atoms with Crippen molar-refractivity contribution >= 4 is 11.9 Å². The van der Waals surface area contributed by atoms with E-state index in [0.29, 0.717) is 0 Å². The van der Waals surface area contributed by atoms with Crippen LogP contribution in [-0.4, -0.2) is 22.6 Å². The Bertz CT molecular complexity index is 188. The number of hydrogen-bond acceptors (Lipinski definition) is 4. The number of esters is 2. The third-order valence-corrected chi connectivity index (χ3v) is 2.28. The third-order valence-electron chi connectivity index (χ3n) is 2.28. The molecule has 0 unspecified atom stereocenters. The molecule has 0 aliphatic carbocycles. The van der Waals surface area contributed by atoms with Gasteiger partial charge < -0.3 is 9.84 Å². The minimum Gasteiger partial charge on any atom is -0.393 e. The summed E-state index contributed by atoms with van der Waals surface area (Å²) < 4.78 is 4.08. The summed E-state index contributed by atoms with van der Waals surface area (Å²) in [5.74, 6) is -0.796. The van der Waals surface area contributed by atoms with Gasteiger partial charge in [-0.25, -0.2) is 0 Å². The van der Waals surface area contributed by atoms with Crippen molar-refractivity contribution in [2.24, 2.45) is 0 Å². The van der Waals surface area contributed by atoms with Gasteiger partial charge in [-0.15, -0.1) is 0 Å². The lowest BCUT2D eigenvalue weighted by Crippen LogP contribution is -2.20. The zero-order chi connectivity index (χ0) is 11.2. The van der Waals surface area contributed by atoms with Crippen LogP contribution in [0.3, 0.4) is 0 Å². The standard InChI is InChI=1S/C6H14O.C4H4O3/c1-4-6(3,7)5-2;5-3-1-2-4(6)7-3/h7H,4-5H2,1-3H3;1-2H2. The number of carbonyl (C=O) groups excluding carboxylic acids is 2. The molecule has 0 aromatic carbocycles. The van der Waals surface area contributed by atoms with Gasteiger partial charge in [0.05, 0.1) is 18.4 Å². The lowest BCUT2D eigenvalue weighted by atomic mass is 10.0. The van der Waals surface area contributed by atoms with E-state index in [2.05, 4.69) is 4.74 Å². The number of hydrogen-bond donors (Lipinski definition) is 1. The Hall–Kier alpha value is -0.900. The average Bonchev–Trinajstić information content (AvgIpc) is 2.51. The minimum absolute atomic E-state index is 0.263. The van der Waals surface area contributed by atoms with Crippen LogP contribution < -0.4 is 0 Å². The van der Waals surface area contributed by atoms with E-state index in [1.807, 2.05) is 20.8 Å². The SMILES string of the molecule is CCC(C)(O)CC.O=C1CCC(=O)O1. The predicted molar refractivity (Wildman–Crippen MR) is 51.5 cm³/mol. The molecule has 0 bridgehead atoms. The Morgan fingerprint density at radius 3 is 1.64 bits per heavy atom. The number of carbonyl (C=O) groups is 2. The molecule has 1 fully saturated rings. The first-order chi connectivity index (χ1) is 6.41. The fourth-order valence-corrected chi connectivity index (χ4v) is 0.683. The largest absolute Gasteiger partial charge is 0.393 e. The van der Waals surface area contributed by atoms with Crippen molar-refractivity contribution in [1.82, 2.24) is 0 Å². The normalized spacial score (nSPS) is 16.0. The molecule has 0 aromatic rings. The summed E-state index contributed by atoms with van der Waals surface area (Å²) in [4.78, 5) is 20.0. The van der Waals surface area contributed by atoms with Gasteiger partial charge in [-0.1, -0.05) is 13.8 Å². The van der Waals surface area contributed by atoms with Crippen LogP contribution in [0.5, 0.6) is 0 Å². The second-order valence-electron chi connectivity index (χ2n) is 3.55. The smallest absolute Gasteiger partial charge is 0.314 e. The zero-order valence-electron chi connectivity index (χ0n) is 9.00. The maximum Gasteiger partial charge on any atom is 0.314 e. The van der Waals surface area contributed by atoms with Crippen LogP contribution in [0.2, 0.25) is 0 Å². The molecule has 0 amide bonds. The first-order valence-corrected chi connectivity index (χ1v) is 4.87. The van der Waals surface area contributed by atoms with E-state index in [1.54, 1.807) is 0 Å². The lowest BCUT2D eigenvalue weighted by molar-refractivity contribution is -0.151. The monoisotopic (exact) mass is 202 g/mol. The molecule has 0 spiro atoms. The van der Waals surface area contributed by atoms with Crippen LogP contribution in [0.1, 0.15) is 46.5 Å². The van der Waals surface area contributed by atoms with E-state index in [1.165, 1.54) is 0 Å². The van der Waals surface area contributed by atoms with Crippen LogP contribution in [0.15, 0.2) is 0 Å². The van der Waals surface area contributed by atoms with E-state index in [-0.39, 0.29) is 12.8 Å². The molecule has 1 rings (SSSR count). The van der Waals surface area contributed by atoms with Crippen LogP contribution in [0, 0.1) is 0 Å². The molecule has 0 aromatic heterocycles. The lowest BCUT2D eigenvalue weighted by Gasteiger charge is -2.17. The van der Waals surface area contributed by atoms with Crippen molar-refractivity contribution in [3.8, 4) is 0 Å². The molecule has 1 aliphatic rings. The number of rotatable bonds is 2. The number of aliphatic hydroxyl groups is 1. The summed E-state index contributed by atoms with van der Waals surface area (Å²) in [5.41, 5.74) is -0.417. The second-order valence-corrected chi connectivity index (χ2v) is 3.55. The molecule has 1 saturated heterocycles. The Morgan fingerprint density at radius 2 is 1.57 bits per heavy atom. The molecule has 4 nitrogen and oxygen atoms in total. The van der Waals surface area contributed by atoms with Gasteiger partial charge in [-0.3, -0.25) is 9.59 Å². The highest BCUT2D eigenvalue weighted by Gasteiger charge is 2.19. The Labute approximate surface area is 84.3 Å². The van der Waals surface area contributed by atoms with Crippen molar-refractivity contribution in [2.75, 3.05) is 0 Å². The number of ether oxygens (including phenoxy) is 1. The van der Waals surface area contributed by atoms with Crippen molar-refractivity contribution in [3.63, 3.8) is 0 Å². The fraction of sp³-hybridized carbons (Fsp3) is 0.800. The first kappa shape index (κ1) is 13.1. The van der Waals surface area contributed by atoms with Gasteiger partial charge in [0.1, 0.15) is 0 Å². The predicted octanol–water partition coefficient (Wildman–Crippen LogP) is 1.41. The van der Waals surface area contributed by atoms with Crippen molar-refractivity contribution in [2.45, 2.75) is 52.1 Å². The van der Waals surface area contributed by atoms with Crippen LogP contribution in [-0.2, 0) is 14.3 Å². The van der Waals surface area contributed by atoms with Gasteiger partial charge in [0.25, 0.3) is 0 Å². The van der Waals surface area contributed by atoms with Gasteiger partial charge in [-0.2, -0.15) is 0 Å². The highest BCUT2D eigenvalue weighted by molar-refractivity contribution is 5.92. The van der Waals surface area contributed by atoms with Crippen LogP contribution in [0.4, 0.5) is 0 Å². The van der Waals surface area contributed by atoms with Crippen LogP contribution in [0.25, 0.3) is 0 Å². The summed E-state index contributed by atoms with van der Waals surface area (Å²) in [6.07, 6.45) is 2.23. The molecule has 0 saturated carbocycles. The average molecular weight is 202 g/mol. The van der Waals surface area contributed by atoms with Gasteiger partial charge in [-0.05, 0) is 19.8 Å². The highest BCUT2D eigenvalue weighted by atomic mass is 16.6. The summed E-state index contributed by atoms with van der Waals surface area (Å²) in [5, 5.41) is 9.13. The van der Waals surface area contributed by atoms with Crippen LogP contribution >= 0.6 is 0 Å². The molecular weight excluding hydrogens is 184 g/mol. The summed E-state index contributed by atoms with van der Waals surface area (Å²) in [6, 6.07) is 0. The maximum absolute atomic E-state index is 10.0. The van der Waals surface area contributed by atoms with E-state index in [9.17, 15) is 9.59 Å². The highest BCUT2D eigenvalue weighted by Crippen LogP contribution is 2.11. The topological polar surface area (TPSA) is 63.6 Å². The molecule has 1 N–H and O–H groups in total. The summed E-state index contributed by atoms with van der Waals surface area (Å²) in [7, 11) is 0.